The Morgan fingerprint density at radius 3 is 1.70 bits per heavy atom. The van der Waals surface area contributed by atoms with Crippen molar-refractivity contribution in [1.82, 2.24) is 0 Å². The van der Waals surface area contributed by atoms with E-state index in [0.717, 1.165) is 52.2 Å². The van der Waals surface area contributed by atoms with Crippen molar-refractivity contribution in [2.75, 3.05) is 4.90 Å². The Bertz CT molecular complexity index is 3260. The lowest BCUT2D eigenvalue weighted by molar-refractivity contribution is 0.417. The number of fused-ring (bicyclic) bond motifs is 9. The van der Waals surface area contributed by atoms with Gasteiger partial charge < -0.3 is 14.4 Å². The summed E-state index contributed by atoms with van der Waals surface area (Å²) in [5, 5.41) is 0. The number of nitrogens with zero attached hydrogens (tertiary/aromatic N) is 1. The van der Waals surface area contributed by atoms with Crippen molar-refractivity contribution in [2.24, 2.45) is 0 Å². The van der Waals surface area contributed by atoms with Crippen LogP contribution < -0.4 is 14.4 Å². The van der Waals surface area contributed by atoms with Gasteiger partial charge >= 0.3 is 0 Å². The minimum atomic E-state index is -0.464. The molecule has 3 nitrogen and oxygen atoms in total. The summed E-state index contributed by atoms with van der Waals surface area (Å²) >= 11 is 0. The molecule has 304 valence electrons. The van der Waals surface area contributed by atoms with E-state index in [1.54, 1.807) is 0 Å². The van der Waals surface area contributed by atoms with Gasteiger partial charge in [0, 0.05) is 11.3 Å². The Morgan fingerprint density at radius 1 is 0.406 bits per heavy atom. The highest BCUT2D eigenvalue weighted by atomic mass is 16.5. The van der Waals surface area contributed by atoms with E-state index in [4.69, 9.17) is 9.47 Å². The lowest BCUT2D eigenvalue weighted by Gasteiger charge is -2.33. The van der Waals surface area contributed by atoms with Crippen LogP contribution in [0.4, 0.5) is 17.1 Å². The number of hydrogen-bond acceptors (Lipinski definition) is 3. The summed E-state index contributed by atoms with van der Waals surface area (Å²) in [6.07, 6.45) is 14.9. The summed E-state index contributed by atoms with van der Waals surface area (Å²) in [7, 11) is 0. The molecule has 12 rings (SSSR count). The highest BCUT2D eigenvalue weighted by Crippen LogP contribution is 2.63. The predicted molar refractivity (Wildman–Crippen MR) is 263 cm³/mol. The van der Waals surface area contributed by atoms with E-state index in [-0.39, 0.29) is 0 Å². The van der Waals surface area contributed by atoms with Gasteiger partial charge in [0.1, 0.15) is 0 Å². The van der Waals surface area contributed by atoms with Gasteiger partial charge in [0.2, 0.25) is 0 Å². The van der Waals surface area contributed by atoms with Crippen LogP contribution in [0.2, 0.25) is 0 Å². The van der Waals surface area contributed by atoms with E-state index in [2.05, 4.69) is 223 Å². The van der Waals surface area contributed by atoms with Crippen LogP contribution >= 0.6 is 0 Å². The van der Waals surface area contributed by atoms with Crippen molar-refractivity contribution in [1.29, 1.82) is 0 Å². The number of ether oxygens (including phenoxy) is 2. The standard InChI is InChI=1S/C61H43NO2/c1-3-18-42(19-4-1)46-22-7-8-23-47(46)44-34-36-45(37-35-44)62(57-31-16-12-24-48(57)43-20-5-2-6-21-43)58-32-17-33-59-60(58)64-40-38-52-51-27-11-15-30-55(51)61(56(52)39-41-63-59)53-28-13-9-25-49(53)50-26-10-14-29-54(50)61/h1-9,11-25,27-41H,10,26H2/b40-38+,41-39+. The fourth-order valence-electron chi connectivity index (χ4n) is 10.6. The van der Waals surface area contributed by atoms with Crippen LogP contribution in [0, 0.1) is 0 Å². The molecular formula is C61H43NO2. The van der Waals surface area contributed by atoms with E-state index in [1.165, 1.54) is 55.7 Å². The Hall–Kier alpha value is -8.14. The monoisotopic (exact) mass is 821 g/mol. The van der Waals surface area contributed by atoms with Crippen molar-refractivity contribution in [3.05, 3.63) is 270 Å². The van der Waals surface area contributed by atoms with Gasteiger partial charge in [-0.2, -0.15) is 0 Å². The van der Waals surface area contributed by atoms with Gasteiger partial charge in [-0.05, 0) is 128 Å². The lowest BCUT2D eigenvalue weighted by Crippen LogP contribution is -2.28. The molecule has 8 aromatic rings. The molecule has 3 aliphatic carbocycles. The third-order valence-corrected chi connectivity index (χ3v) is 13.3. The first kappa shape index (κ1) is 37.6. The normalized spacial score (nSPS) is 17.6. The highest BCUT2D eigenvalue weighted by Gasteiger charge is 2.52. The van der Waals surface area contributed by atoms with E-state index in [1.807, 2.05) is 18.6 Å². The number of anilines is 3. The van der Waals surface area contributed by atoms with Crippen molar-refractivity contribution in [3.63, 3.8) is 0 Å². The average Bonchev–Trinajstić information content (AvgIpc) is 3.82. The Balaban J connectivity index is 1.00. The van der Waals surface area contributed by atoms with Crippen molar-refractivity contribution in [3.8, 4) is 44.9 Å². The maximum Gasteiger partial charge on any atom is 0.192 e. The molecule has 1 atom stereocenters. The van der Waals surface area contributed by atoms with Gasteiger partial charge in [-0.1, -0.05) is 182 Å². The van der Waals surface area contributed by atoms with Crippen LogP contribution in [-0.4, -0.2) is 0 Å². The first-order valence-electron chi connectivity index (χ1n) is 22.1. The summed E-state index contributed by atoms with van der Waals surface area (Å²) < 4.78 is 13.7. The molecule has 3 heteroatoms. The Morgan fingerprint density at radius 2 is 0.969 bits per heavy atom. The average molecular weight is 822 g/mol. The topological polar surface area (TPSA) is 21.7 Å². The predicted octanol–water partition coefficient (Wildman–Crippen LogP) is 15.8. The van der Waals surface area contributed by atoms with Crippen LogP contribution in [0.3, 0.4) is 0 Å². The zero-order valence-corrected chi connectivity index (χ0v) is 35.2. The second-order valence-electron chi connectivity index (χ2n) is 16.6. The molecule has 0 bridgehead atoms. The van der Waals surface area contributed by atoms with Gasteiger partial charge in [0.25, 0.3) is 0 Å². The third-order valence-electron chi connectivity index (χ3n) is 13.3. The molecule has 0 aromatic heterocycles. The fourth-order valence-corrected chi connectivity index (χ4v) is 10.6. The van der Waals surface area contributed by atoms with Gasteiger partial charge in [0.05, 0.1) is 29.3 Å². The quantitative estimate of drug-likeness (QED) is 0.167. The minimum Gasteiger partial charge on any atom is -0.461 e. The molecule has 8 aromatic carbocycles. The number of allylic oxidation sites excluding steroid dienone is 8. The second-order valence-corrected chi connectivity index (χ2v) is 16.6. The van der Waals surface area contributed by atoms with Crippen molar-refractivity contribution in [2.45, 2.75) is 18.3 Å². The Labute approximate surface area is 374 Å². The number of benzene rings is 8. The van der Waals surface area contributed by atoms with Crippen LogP contribution in [0.25, 0.3) is 44.5 Å². The molecular weight excluding hydrogens is 779 g/mol. The fraction of sp³-hybridized carbons (Fsp3) is 0.0492. The minimum absolute atomic E-state index is 0.464. The van der Waals surface area contributed by atoms with Crippen LogP contribution in [0.1, 0.15) is 35.1 Å². The summed E-state index contributed by atoms with van der Waals surface area (Å²) in [4.78, 5) is 2.30. The number of hydrogen-bond donors (Lipinski definition) is 0. The van der Waals surface area contributed by atoms with Crippen LogP contribution in [0.5, 0.6) is 11.5 Å². The maximum atomic E-state index is 6.93. The molecule has 1 heterocycles. The van der Waals surface area contributed by atoms with E-state index < -0.39 is 5.41 Å². The SMILES string of the molecule is C1=CC2=C(CC1)c1ccccc1C21C2=C(/C=C/Oc3c(cccc3N(c3ccc(-c4ccccc4-c4ccccc4)cc3)c3ccccc3-c3ccccc3)O/C=C/2)c2ccccc21. The smallest absolute Gasteiger partial charge is 0.192 e. The molecule has 0 saturated carbocycles. The first-order valence-corrected chi connectivity index (χ1v) is 22.1. The van der Waals surface area contributed by atoms with Gasteiger partial charge in [-0.15, -0.1) is 0 Å². The molecule has 0 fully saturated rings. The summed E-state index contributed by atoms with van der Waals surface area (Å²) in [6, 6.07) is 71.3. The van der Waals surface area contributed by atoms with Crippen molar-refractivity contribution >= 4 is 28.2 Å². The maximum absolute atomic E-state index is 6.93. The molecule has 1 aliphatic heterocycles. The molecule has 4 aliphatic rings. The molecule has 0 N–H and O–H groups in total. The van der Waals surface area contributed by atoms with Crippen LogP contribution in [-0.2, 0) is 5.41 Å². The second kappa shape index (κ2) is 15.6. The largest absolute Gasteiger partial charge is 0.461 e. The molecule has 0 radical (unpaired) electrons. The van der Waals surface area contributed by atoms with Crippen LogP contribution in [0.15, 0.2) is 248 Å². The number of para-hydroxylation sites is 2. The van der Waals surface area contributed by atoms with E-state index in [0.29, 0.717) is 11.5 Å². The van der Waals surface area contributed by atoms with E-state index in [9.17, 15) is 0 Å². The van der Waals surface area contributed by atoms with Gasteiger partial charge in [0.15, 0.2) is 11.5 Å². The molecule has 0 amide bonds. The molecule has 0 saturated heterocycles. The van der Waals surface area contributed by atoms with Gasteiger partial charge in [-0.25, -0.2) is 0 Å². The molecule has 1 spiro atoms. The van der Waals surface area contributed by atoms with Crippen molar-refractivity contribution < 1.29 is 9.47 Å². The zero-order chi connectivity index (χ0) is 42.5. The lowest BCUT2D eigenvalue weighted by atomic mass is 9.68. The van der Waals surface area contributed by atoms with E-state index >= 15 is 0 Å². The highest BCUT2D eigenvalue weighted by molar-refractivity contribution is 5.99. The summed E-state index contributed by atoms with van der Waals surface area (Å²) in [6.45, 7) is 0. The molecule has 1 unspecified atom stereocenters. The first-order chi connectivity index (χ1) is 31.8. The number of rotatable bonds is 6. The summed E-state index contributed by atoms with van der Waals surface area (Å²) in [5.74, 6) is 1.23. The third kappa shape index (κ3) is 5.96. The zero-order valence-electron chi connectivity index (χ0n) is 35.2. The molecule has 64 heavy (non-hydrogen) atoms. The summed E-state index contributed by atoms with van der Waals surface area (Å²) in [5.41, 5.74) is 19.6. The Kier molecular flexibility index (Phi) is 9.19. The van der Waals surface area contributed by atoms with Gasteiger partial charge in [-0.3, -0.25) is 0 Å².